The second-order valence-corrected chi connectivity index (χ2v) is 6.53. The third-order valence-corrected chi connectivity index (χ3v) is 4.75. The Morgan fingerprint density at radius 1 is 1.26 bits per heavy atom. The second kappa shape index (κ2) is 6.13. The lowest BCUT2D eigenvalue weighted by Gasteiger charge is -2.31. The van der Waals surface area contributed by atoms with Gasteiger partial charge in [-0.05, 0) is 49.6 Å². The molecule has 1 atom stereocenters. The maximum absolute atomic E-state index is 4.88. The summed E-state index contributed by atoms with van der Waals surface area (Å²) in [5, 5.41) is 0. The van der Waals surface area contributed by atoms with E-state index in [9.17, 15) is 0 Å². The van der Waals surface area contributed by atoms with E-state index in [4.69, 9.17) is 4.98 Å². The van der Waals surface area contributed by atoms with E-state index in [2.05, 4.69) is 46.1 Å². The summed E-state index contributed by atoms with van der Waals surface area (Å²) in [5.41, 5.74) is 4.80. The molecule has 0 radical (unpaired) electrons. The summed E-state index contributed by atoms with van der Waals surface area (Å²) in [7, 11) is 0. The predicted molar refractivity (Wildman–Crippen MR) is 92.3 cm³/mol. The molecule has 0 bridgehead atoms. The standard InChI is InChI=1S/C19H22N4/c1-14-5-2-8-17-18(14)22-19(21-17)16-7-4-10-23(13-16)12-15-6-3-9-20-11-15/h2-3,5-6,8-9,11,16H,4,7,10,12-13H2,1H3,(H,21,22)/t16-/m1/s1. The van der Waals surface area contributed by atoms with Crippen LogP contribution in [0.25, 0.3) is 11.0 Å². The van der Waals surface area contributed by atoms with Gasteiger partial charge in [0.15, 0.2) is 0 Å². The fourth-order valence-electron chi connectivity index (χ4n) is 3.56. The number of aromatic nitrogens is 3. The summed E-state index contributed by atoms with van der Waals surface area (Å²) in [6, 6.07) is 10.5. The average Bonchev–Trinajstić information content (AvgIpc) is 3.02. The average molecular weight is 306 g/mol. The third-order valence-electron chi connectivity index (χ3n) is 4.75. The van der Waals surface area contributed by atoms with Crippen LogP contribution in [0.3, 0.4) is 0 Å². The van der Waals surface area contributed by atoms with E-state index in [1.54, 1.807) is 0 Å². The van der Waals surface area contributed by atoms with Crippen LogP contribution in [0.2, 0.25) is 0 Å². The maximum atomic E-state index is 4.88. The summed E-state index contributed by atoms with van der Waals surface area (Å²) in [6.45, 7) is 5.32. The fourth-order valence-corrected chi connectivity index (χ4v) is 3.56. The van der Waals surface area contributed by atoms with Crippen molar-refractivity contribution < 1.29 is 0 Å². The topological polar surface area (TPSA) is 44.8 Å². The zero-order chi connectivity index (χ0) is 15.6. The Hall–Kier alpha value is -2.20. The van der Waals surface area contributed by atoms with Crippen LogP contribution in [0, 0.1) is 6.92 Å². The highest BCUT2D eigenvalue weighted by molar-refractivity contribution is 5.78. The van der Waals surface area contributed by atoms with Gasteiger partial charge in [0.05, 0.1) is 11.0 Å². The molecule has 3 heterocycles. The molecule has 118 valence electrons. The number of H-pyrrole nitrogens is 1. The number of aromatic amines is 1. The van der Waals surface area contributed by atoms with E-state index in [1.165, 1.54) is 24.0 Å². The Balaban J connectivity index is 1.53. The number of piperidine rings is 1. The van der Waals surface area contributed by atoms with Crippen molar-refractivity contribution in [1.29, 1.82) is 0 Å². The lowest BCUT2D eigenvalue weighted by Crippen LogP contribution is -2.34. The summed E-state index contributed by atoms with van der Waals surface area (Å²) in [4.78, 5) is 15.2. The van der Waals surface area contributed by atoms with Crippen LogP contribution in [0.4, 0.5) is 0 Å². The van der Waals surface area contributed by atoms with E-state index < -0.39 is 0 Å². The van der Waals surface area contributed by atoms with Crippen LogP contribution in [0.5, 0.6) is 0 Å². The van der Waals surface area contributed by atoms with Crippen molar-refractivity contribution >= 4 is 11.0 Å². The van der Waals surface area contributed by atoms with Crippen LogP contribution in [-0.4, -0.2) is 32.9 Å². The zero-order valence-electron chi connectivity index (χ0n) is 13.5. The Bertz CT molecular complexity index is 793. The van der Waals surface area contributed by atoms with Crippen molar-refractivity contribution in [2.75, 3.05) is 13.1 Å². The molecule has 3 aromatic rings. The van der Waals surface area contributed by atoms with Gasteiger partial charge in [0, 0.05) is 31.4 Å². The number of rotatable bonds is 3. The molecule has 4 nitrogen and oxygen atoms in total. The first-order chi connectivity index (χ1) is 11.3. The molecule has 0 amide bonds. The first kappa shape index (κ1) is 14.4. The van der Waals surface area contributed by atoms with Gasteiger partial charge in [-0.15, -0.1) is 0 Å². The molecule has 4 rings (SSSR count). The first-order valence-electron chi connectivity index (χ1n) is 8.36. The Kier molecular flexibility index (Phi) is 3.83. The molecular weight excluding hydrogens is 284 g/mol. The van der Waals surface area contributed by atoms with Gasteiger partial charge in [-0.25, -0.2) is 4.98 Å². The summed E-state index contributed by atoms with van der Waals surface area (Å²) in [6.07, 6.45) is 6.23. The molecule has 0 saturated carbocycles. The van der Waals surface area contributed by atoms with Gasteiger partial charge in [-0.3, -0.25) is 9.88 Å². The van der Waals surface area contributed by atoms with Gasteiger partial charge >= 0.3 is 0 Å². The number of aryl methyl sites for hydroxylation is 1. The largest absolute Gasteiger partial charge is 0.342 e. The van der Waals surface area contributed by atoms with Crippen molar-refractivity contribution in [1.82, 2.24) is 19.9 Å². The van der Waals surface area contributed by atoms with Crippen LogP contribution in [0.1, 0.15) is 35.7 Å². The molecule has 1 fully saturated rings. The molecule has 1 aromatic carbocycles. The molecule has 1 aliphatic heterocycles. The predicted octanol–water partition coefficient (Wildman–Crippen LogP) is 3.65. The molecule has 2 aromatic heterocycles. The number of nitrogens with one attached hydrogen (secondary N) is 1. The molecule has 1 aliphatic rings. The smallest absolute Gasteiger partial charge is 0.111 e. The van der Waals surface area contributed by atoms with Crippen LogP contribution in [0.15, 0.2) is 42.7 Å². The van der Waals surface area contributed by atoms with Crippen LogP contribution < -0.4 is 0 Å². The van der Waals surface area contributed by atoms with Crippen molar-refractivity contribution in [3.05, 3.63) is 59.7 Å². The van der Waals surface area contributed by atoms with Gasteiger partial charge in [0.1, 0.15) is 5.82 Å². The van der Waals surface area contributed by atoms with Gasteiger partial charge in [0.2, 0.25) is 0 Å². The number of pyridine rings is 1. The van der Waals surface area contributed by atoms with E-state index in [-0.39, 0.29) is 0 Å². The number of fused-ring (bicyclic) bond motifs is 1. The molecule has 1 N–H and O–H groups in total. The molecule has 4 heteroatoms. The lowest BCUT2D eigenvalue weighted by atomic mass is 9.97. The van der Waals surface area contributed by atoms with Crippen molar-refractivity contribution in [2.24, 2.45) is 0 Å². The zero-order valence-corrected chi connectivity index (χ0v) is 13.5. The van der Waals surface area contributed by atoms with Crippen LogP contribution >= 0.6 is 0 Å². The van der Waals surface area contributed by atoms with Gasteiger partial charge < -0.3 is 4.98 Å². The molecule has 0 spiro atoms. The number of nitrogens with zero attached hydrogens (tertiary/aromatic N) is 3. The Morgan fingerprint density at radius 3 is 3.04 bits per heavy atom. The van der Waals surface area contributed by atoms with Crippen LogP contribution in [-0.2, 0) is 6.54 Å². The molecular formula is C19H22N4. The summed E-state index contributed by atoms with van der Waals surface area (Å²) < 4.78 is 0. The molecule has 1 saturated heterocycles. The molecule has 0 aliphatic carbocycles. The Morgan fingerprint density at radius 2 is 2.22 bits per heavy atom. The minimum absolute atomic E-state index is 0.493. The van der Waals surface area contributed by atoms with Crippen molar-refractivity contribution in [3.63, 3.8) is 0 Å². The lowest BCUT2D eigenvalue weighted by molar-refractivity contribution is 0.197. The van der Waals surface area contributed by atoms with E-state index in [0.717, 1.165) is 36.5 Å². The molecule has 0 unspecified atom stereocenters. The van der Waals surface area contributed by atoms with Gasteiger partial charge in [-0.2, -0.15) is 0 Å². The minimum Gasteiger partial charge on any atom is -0.342 e. The van der Waals surface area contributed by atoms with Gasteiger partial charge in [-0.1, -0.05) is 18.2 Å². The number of imidazole rings is 1. The number of likely N-dealkylation sites (tertiary alicyclic amines) is 1. The quantitative estimate of drug-likeness (QED) is 0.803. The monoisotopic (exact) mass is 306 g/mol. The van der Waals surface area contributed by atoms with Crippen molar-refractivity contribution in [3.8, 4) is 0 Å². The van der Waals surface area contributed by atoms with E-state index >= 15 is 0 Å². The third kappa shape index (κ3) is 2.99. The maximum Gasteiger partial charge on any atom is 0.111 e. The van der Waals surface area contributed by atoms with E-state index in [0.29, 0.717) is 5.92 Å². The fraction of sp³-hybridized carbons (Fsp3) is 0.368. The SMILES string of the molecule is Cc1cccc2[nH]c([C@@H]3CCCN(Cc4cccnc4)C3)nc12. The number of hydrogen-bond acceptors (Lipinski definition) is 3. The number of hydrogen-bond donors (Lipinski definition) is 1. The normalized spacial score (nSPS) is 19.3. The van der Waals surface area contributed by atoms with Gasteiger partial charge in [0.25, 0.3) is 0 Å². The Labute approximate surface area is 136 Å². The van der Waals surface area contributed by atoms with Crippen molar-refractivity contribution in [2.45, 2.75) is 32.2 Å². The van der Waals surface area contributed by atoms with E-state index in [1.807, 2.05) is 18.5 Å². The highest BCUT2D eigenvalue weighted by Crippen LogP contribution is 2.28. The first-order valence-corrected chi connectivity index (χ1v) is 8.36. The minimum atomic E-state index is 0.493. The highest BCUT2D eigenvalue weighted by Gasteiger charge is 2.24. The second-order valence-electron chi connectivity index (χ2n) is 6.53. The summed E-state index contributed by atoms with van der Waals surface area (Å²) >= 11 is 0. The molecule has 23 heavy (non-hydrogen) atoms. The summed E-state index contributed by atoms with van der Waals surface area (Å²) in [5.74, 6) is 1.64. The number of para-hydroxylation sites is 1. The number of benzene rings is 1. The highest BCUT2D eigenvalue weighted by atomic mass is 15.1.